The Labute approximate surface area is 174 Å². The molecule has 0 aliphatic heterocycles. The van der Waals surface area contributed by atoms with Gasteiger partial charge in [-0.3, -0.25) is 20.1 Å². The summed E-state index contributed by atoms with van der Waals surface area (Å²) in [5.41, 5.74) is 4.88. The van der Waals surface area contributed by atoms with Crippen LogP contribution in [0.15, 0.2) is 59.3 Å². The lowest BCUT2D eigenvalue weighted by Crippen LogP contribution is -2.43. The number of rotatable bonds is 5. The van der Waals surface area contributed by atoms with Gasteiger partial charge in [0.1, 0.15) is 23.0 Å². The molecule has 3 aromatic rings. The third kappa shape index (κ3) is 5.13. The minimum Gasteiger partial charge on any atom is -0.457 e. The van der Waals surface area contributed by atoms with E-state index in [4.69, 9.17) is 9.26 Å². The standard InChI is InChI=1S/C21H23N5O4/c1-21(2,3)17-13-18(25-30-17)23-24-20(28)26(4)19(27)16-12-15(10-11-22-16)29-14-8-6-5-7-9-14/h5-13H,1-4H3,(H,23,25)(H,24,28). The van der Waals surface area contributed by atoms with E-state index < -0.39 is 11.9 Å². The molecule has 30 heavy (non-hydrogen) atoms. The van der Waals surface area contributed by atoms with Crippen LogP contribution >= 0.6 is 0 Å². The monoisotopic (exact) mass is 409 g/mol. The number of anilines is 1. The maximum atomic E-state index is 12.6. The lowest BCUT2D eigenvalue weighted by Gasteiger charge is -2.16. The molecule has 0 fully saturated rings. The van der Waals surface area contributed by atoms with Crippen molar-refractivity contribution in [3.63, 3.8) is 0 Å². The minimum absolute atomic E-state index is 0.0672. The molecule has 0 atom stereocenters. The van der Waals surface area contributed by atoms with Crippen LogP contribution in [0.3, 0.4) is 0 Å². The molecule has 9 nitrogen and oxygen atoms in total. The number of hydrogen-bond donors (Lipinski definition) is 2. The van der Waals surface area contributed by atoms with Gasteiger partial charge in [-0.25, -0.2) is 10.2 Å². The molecule has 0 aliphatic carbocycles. The van der Waals surface area contributed by atoms with Crippen molar-refractivity contribution >= 4 is 17.8 Å². The molecule has 0 aliphatic rings. The molecule has 0 saturated carbocycles. The molecule has 3 rings (SSSR count). The van der Waals surface area contributed by atoms with Crippen LogP contribution in [-0.2, 0) is 5.41 Å². The van der Waals surface area contributed by atoms with E-state index in [2.05, 4.69) is 21.0 Å². The zero-order valence-electron chi connectivity index (χ0n) is 17.2. The third-order valence-corrected chi connectivity index (χ3v) is 4.09. The summed E-state index contributed by atoms with van der Waals surface area (Å²) >= 11 is 0. The van der Waals surface area contributed by atoms with Gasteiger partial charge in [-0.1, -0.05) is 44.1 Å². The van der Waals surface area contributed by atoms with E-state index in [9.17, 15) is 9.59 Å². The van der Waals surface area contributed by atoms with Gasteiger partial charge in [0, 0.05) is 30.8 Å². The Morgan fingerprint density at radius 1 is 1.07 bits per heavy atom. The predicted molar refractivity (Wildman–Crippen MR) is 110 cm³/mol. The van der Waals surface area contributed by atoms with Crippen molar-refractivity contribution in [1.82, 2.24) is 20.5 Å². The number of nitrogens with one attached hydrogen (secondary N) is 2. The fraction of sp³-hybridized carbons (Fsp3) is 0.238. The van der Waals surface area contributed by atoms with Gasteiger partial charge in [0.05, 0.1) is 0 Å². The Hall–Kier alpha value is -3.88. The van der Waals surface area contributed by atoms with Crippen LogP contribution in [0, 0.1) is 0 Å². The average molecular weight is 409 g/mol. The summed E-state index contributed by atoms with van der Waals surface area (Å²) in [4.78, 5) is 29.9. The van der Waals surface area contributed by atoms with E-state index in [-0.39, 0.29) is 11.1 Å². The van der Waals surface area contributed by atoms with Crippen LogP contribution in [0.25, 0.3) is 0 Å². The molecule has 0 unspecified atom stereocenters. The Morgan fingerprint density at radius 3 is 2.47 bits per heavy atom. The van der Waals surface area contributed by atoms with Gasteiger partial charge in [0.15, 0.2) is 5.82 Å². The first-order valence-corrected chi connectivity index (χ1v) is 9.24. The summed E-state index contributed by atoms with van der Waals surface area (Å²) in [7, 11) is 1.34. The molecule has 2 N–H and O–H groups in total. The van der Waals surface area contributed by atoms with Crippen LogP contribution in [0.1, 0.15) is 37.0 Å². The number of hydrazine groups is 1. The number of imide groups is 1. The molecule has 0 bridgehead atoms. The fourth-order valence-corrected chi connectivity index (χ4v) is 2.37. The van der Waals surface area contributed by atoms with E-state index >= 15 is 0 Å². The zero-order chi connectivity index (χ0) is 21.7. The lowest BCUT2D eigenvalue weighted by molar-refractivity contribution is 0.0826. The van der Waals surface area contributed by atoms with E-state index in [0.717, 1.165) is 4.90 Å². The Morgan fingerprint density at radius 2 is 1.80 bits per heavy atom. The van der Waals surface area contributed by atoms with Gasteiger partial charge in [0.2, 0.25) is 0 Å². The molecule has 2 aromatic heterocycles. The Kier molecular flexibility index (Phi) is 6.01. The van der Waals surface area contributed by atoms with Crippen LogP contribution in [-0.4, -0.2) is 34.0 Å². The van der Waals surface area contributed by atoms with Crippen LogP contribution < -0.4 is 15.6 Å². The first kappa shape index (κ1) is 20.8. The second-order valence-corrected chi connectivity index (χ2v) is 7.54. The minimum atomic E-state index is -0.684. The number of hydrogen-bond acceptors (Lipinski definition) is 7. The number of carbonyl (C=O) groups is 2. The van der Waals surface area contributed by atoms with Crippen molar-refractivity contribution in [3.8, 4) is 11.5 Å². The topological polar surface area (TPSA) is 110 Å². The third-order valence-electron chi connectivity index (χ3n) is 4.09. The van der Waals surface area contributed by atoms with E-state index in [1.54, 1.807) is 24.3 Å². The Balaban J connectivity index is 1.61. The van der Waals surface area contributed by atoms with Crippen LogP contribution in [0.4, 0.5) is 10.6 Å². The summed E-state index contributed by atoms with van der Waals surface area (Å²) in [6.07, 6.45) is 1.44. The van der Waals surface area contributed by atoms with Crippen molar-refractivity contribution in [2.45, 2.75) is 26.2 Å². The maximum absolute atomic E-state index is 12.6. The molecule has 0 spiro atoms. The number of nitrogens with zero attached hydrogens (tertiary/aromatic N) is 3. The smallest absolute Gasteiger partial charge is 0.342 e. The molecule has 0 radical (unpaired) electrons. The summed E-state index contributed by atoms with van der Waals surface area (Å²) in [5, 5.41) is 3.84. The van der Waals surface area contributed by atoms with Gasteiger partial charge in [-0.2, -0.15) is 0 Å². The van der Waals surface area contributed by atoms with Crippen molar-refractivity contribution in [2.24, 2.45) is 0 Å². The second kappa shape index (κ2) is 8.64. The van der Waals surface area contributed by atoms with Crippen molar-refractivity contribution in [1.29, 1.82) is 0 Å². The second-order valence-electron chi connectivity index (χ2n) is 7.54. The van der Waals surface area contributed by atoms with Gasteiger partial charge in [-0.15, -0.1) is 0 Å². The van der Waals surface area contributed by atoms with Crippen molar-refractivity contribution in [2.75, 3.05) is 12.5 Å². The molecule has 2 heterocycles. The van der Waals surface area contributed by atoms with Gasteiger partial charge in [-0.05, 0) is 18.2 Å². The molecule has 1 aromatic carbocycles. The number of pyridine rings is 1. The number of urea groups is 1. The first-order chi connectivity index (χ1) is 14.2. The summed E-state index contributed by atoms with van der Waals surface area (Å²) < 4.78 is 10.9. The van der Waals surface area contributed by atoms with Crippen LogP contribution in [0.5, 0.6) is 11.5 Å². The summed E-state index contributed by atoms with van der Waals surface area (Å²) in [6.45, 7) is 5.93. The number of para-hydroxylation sites is 1. The fourth-order valence-electron chi connectivity index (χ4n) is 2.37. The highest BCUT2D eigenvalue weighted by molar-refractivity contribution is 6.03. The summed E-state index contributed by atoms with van der Waals surface area (Å²) in [5.74, 6) is 1.44. The van der Waals surface area contributed by atoms with E-state index in [1.165, 1.54) is 19.3 Å². The Bertz CT molecular complexity index is 1030. The molecular formula is C21H23N5O4. The number of benzene rings is 1. The van der Waals surface area contributed by atoms with E-state index in [1.807, 2.05) is 39.0 Å². The van der Waals surface area contributed by atoms with Crippen molar-refractivity contribution in [3.05, 3.63) is 66.2 Å². The maximum Gasteiger partial charge on any atom is 0.342 e. The lowest BCUT2D eigenvalue weighted by atomic mass is 9.93. The van der Waals surface area contributed by atoms with E-state index in [0.29, 0.717) is 23.1 Å². The number of amides is 3. The highest BCUT2D eigenvalue weighted by Crippen LogP contribution is 2.24. The number of aromatic nitrogens is 2. The quantitative estimate of drug-likeness (QED) is 0.614. The number of carbonyl (C=O) groups excluding carboxylic acids is 2. The highest BCUT2D eigenvalue weighted by Gasteiger charge is 2.22. The van der Waals surface area contributed by atoms with Crippen molar-refractivity contribution < 1.29 is 18.8 Å². The first-order valence-electron chi connectivity index (χ1n) is 9.24. The highest BCUT2D eigenvalue weighted by atomic mass is 16.5. The molecule has 156 valence electrons. The van der Waals surface area contributed by atoms with Gasteiger partial charge < -0.3 is 9.26 Å². The SMILES string of the molecule is CN(C(=O)NNc1cc(C(C)(C)C)on1)C(=O)c1cc(Oc2ccccc2)ccn1. The van der Waals surface area contributed by atoms with Gasteiger partial charge in [0.25, 0.3) is 5.91 Å². The molecule has 0 saturated heterocycles. The molecular weight excluding hydrogens is 386 g/mol. The zero-order valence-corrected chi connectivity index (χ0v) is 17.2. The van der Waals surface area contributed by atoms with Crippen LogP contribution in [0.2, 0.25) is 0 Å². The predicted octanol–water partition coefficient (Wildman–Crippen LogP) is 3.97. The average Bonchev–Trinajstić information content (AvgIpc) is 3.21. The molecule has 9 heteroatoms. The summed E-state index contributed by atoms with van der Waals surface area (Å²) in [6, 6.07) is 13.2. The largest absolute Gasteiger partial charge is 0.457 e. The number of ether oxygens (including phenoxy) is 1. The van der Waals surface area contributed by atoms with Gasteiger partial charge >= 0.3 is 6.03 Å². The normalized spacial score (nSPS) is 10.9. The molecule has 3 amide bonds.